The summed E-state index contributed by atoms with van der Waals surface area (Å²) in [4.78, 5) is 40.6. The van der Waals surface area contributed by atoms with Crippen molar-refractivity contribution in [3.63, 3.8) is 0 Å². The molecule has 0 aromatic heterocycles. The minimum Gasteiger partial charge on any atom is -0.489 e. The highest BCUT2D eigenvalue weighted by molar-refractivity contribution is 6.05. The van der Waals surface area contributed by atoms with E-state index < -0.39 is 6.03 Å². The number of fused-ring (bicyclic) bond motifs is 1. The van der Waals surface area contributed by atoms with Crippen LogP contribution >= 0.6 is 0 Å². The van der Waals surface area contributed by atoms with Gasteiger partial charge in [0.25, 0.3) is 0 Å². The van der Waals surface area contributed by atoms with Gasteiger partial charge < -0.3 is 14.5 Å². The summed E-state index contributed by atoms with van der Waals surface area (Å²) in [7, 11) is 1.43. The molecule has 0 atom stereocenters. The highest BCUT2D eigenvalue weighted by Gasteiger charge is 2.35. The highest BCUT2D eigenvalue weighted by atomic mass is 16.5. The van der Waals surface area contributed by atoms with Crippen molar-refractivity contribution in [3.05, 3.63) is 59.7 Å². The first kappa shape index (κ1) is 19.0. The molecule has 1 fully saturated rings. The van der Waals surface area contributed by atoms with E-state index in [1.165, 1.54) is 11.9 Å². The summed E-state index contributed by atoms with van der Waals surface area (Å²) in [5.74, 6) is 0.297. The van der Waals surface area contributed by atoms with E-state index in [0.29, 0.717) is 13.2 Å². The van der Waals surface area contributed by atoms with Crippen molar-refractivity contribution in [1.82, 2.24) is 9.80 Å². The third-order valence-corrected chi connectivity index (χ3v) is 5.30. The first-order valence-electron chi connectivity index (χ1n) is 9.68. The lowest BCUT2D eigenvalue weighted by Gasteiger charge is -2.31. The van der Waals surface area contributed by atoms with Crippen molar-refractivity contribution in [2.24, 2.45) is 0 Å². The summed E-state index contributed by atoms with van der Waals surface area (Å²) in [6, 6.07) is 15.3. The number of imide groups is 1. The molecule has 2 heterocycles. The van der Waals surface area contributed by atoms with Crippen molar-refractivity contribution in [3.8, 4) is 5.75 Å². The number of likely N-dealkylation sites (N-methyl/N-ethyl adjacent to an activating group) is 1. The number of hydrogen-bond donors (Lipinski definition) is 0. The van der Waals surface area contributed by atoms with Crippen LogP contribution in [0.5, 0.6) is 5.75 Å². The molecule has 150 valence electrons. The second-order valence-corrected chi connectivity index (χ2v) is 7.31. The number of nitrogens with zero attached hydrogens (tertiary/aromatic N) is 3. The molecule has 29 heavy (non-hydrogen) atoms. The Bertz CT molecular complexity index is 944. The van der Waals surface area contributed by atoms with Crippen molar-refractivity contribution in [1.29, 1.82) is 0 Å². The summed E-state index contributed by atoms with van der Waals surface area (Å²) in [5.41, 5.74) is 2.99. The quantitative estimate of drug-likeness (QED) is 0.732. The molecule has 0 radical (unpaired) electrons. The minimum absolute atomic E-state index is 0.0476. The van der Waals surface area contributed by atoms with Gasteiger partial charge in [0.15, 0.2) is 0 Å². The number of anilines is 1. The number of benzene rings is 2. The molecule has 0 aliphatic carbocycles. The Kier molecular flexibility index (Phi) is 5.20. The standard InChI is InChI=1S/C22H23N3O4/c1-23-20(26)13-24(22(23)28)14-21(27)25-11-5-8-17-12-18(9-10-19(17)25)29-15-16-6-3-2-4-7-16/h2-4,6-7,9-10,12H,5,8,11,13-15H2,1H3. The Morgan fingerprint density at radius 1 is 1.10 bits per heavy atom. The van der Waals surface area contributed by atoms with Gasteiger partial charge in [-0.15, -0.1) is 0 Å². The lowest BCUT2D eigenvalue weighted by Crippen LogP contribution is -2.43. The van der Waals surface area contributed by atoms with Crippen LogP contribution in [-0.2, 0) is 22.6 Å². The monoisotopic (exact) mass is 393 g/mol. The second kappa shape index (κ2) is 7.95. The Morgan fingerprint density at radius 3 is 2.62 bits per heavy atom. The normalized spacial score (nSPS) is 16.2. The summed E-state index contributed by atoms with van der Waals surface area (Å²) in [6.45, 7) is 0.942. The third kappa shape index (κ3) is 3.94. The molecular weight excluding hydrogens is 370 g/mol. The van der Waals surface area contributed by atoms with Gasteiger partial charge in [-0.3, -0.25) is 14.5 Å². The molecule has 7 nitrogen and oxygen atoms in total. The number of urea groups is 1. The Hall–Kier alpha value is -3.35. The first-order valence-corrected chi connectivity index (χ1v) is 9.68. The maximum atomic E-state index is 12.8. The van der Waals surface area contributed by atoms with E-state index in [4.69, 9.17) is 4.74 Å². The highest BCUT2D eigenvalue weighted by Crippen LogP contribution is 2.31. The fourth-order valence-corrected chi connectivity index (χ4v) is 3.69. The van der Waals surface area contributed by atoms with Gasteiger partial charge >= 0.3 is 6.03 Å². The predicted molar refractivity (Wildman–Crippen MR) is 108 cm³/mol. The maximum absolute atomic E-state index is 12.8. The van der Waals surface area contributed by atoms with Crippen LogP contribution in [-0.4, -0.2) is 54.3 Å². The third-order valence-electron chi connectivity index (χ3n) is 5.30. The van der Waals surface area contributed by atoms with E-state index >= 15 is 0 Å². The maximum Gasteiger partial charge on any atom is 0.327 e. The Labute approximate surface area is 169 Å². The number of hydrogen-bond acceptors (Lipinski definition) is 4. The average Bonchev–Trinajstić information content (AvgIpc) is 2.98. The molecule has 4 amide bonds. The number of amides is 4. The SMILES string of the molecule is CN1C(=O)CN(CC(=O)N2CCCc3cc(OCc4ccccc4)ccc32)C1=O. The van der Waals surface area contributed by atoms with Gasteiger partial charge in [-0.1, -0.05) is 30.3 Å². The first-order chi connectivity index (χ1) is 14.0. The van der Waals surface area contributed by atoms with Crippen LogP contribution in [0, 0.1) is 0 Å². The summed E-state index contributed by atoms with van der Waals surface area (Å²) < 4.78 is 5.90. The molecule has 0 unspecified atom stereocenters. The van der Waals surface area contributed by atoms with Crippen molar-refractivity contribution >= 4 is 23.5 Å². The zero-order valence-electron chi connectivity index (χ0n) is 16.3. The van der Waals surface area contributed by atoms with Crippen LogP contribution in [0.3, 0.4) is 0 Å². The van der Waals surface area contributed by atoms with Crippen LogP contribution in [0.25, 0.3) is 0 Å². The van der Waals surface area contributed by atoms with E-state index in [0.717, 1.165) is 40.3 Å². The summed E-state index contributed by atoms with van der Waals surface area (Å²) >= 11 is 0. The topological polar surface area (TPSA) is 70.2 Å². The van der Waals surface area contributed by atoms with Crippen LogP contribution in [0.4, 0.5) is 10.5 Å². The van der Waals surface area contributed by atoms with E-state index in [-0.39, 0.29) is 24.9 Å². The van der Waals surface area contributed by atoms with Gasteiger partial charge in [0.1, 0.15) is 25.4 Å². The molecule has 4 rings (SSSR count). The lowest BCUT2D eigenvalue weighted by molar-refractivity contribution is -0.124. The van der Waals surface area contributed by atoms with E-state index in [1.54, 1.807) is 4.90 Å². The van der Waals surface area contributed by atoms with E-state index in [1.807, 2.05) is 48.5 Å². The molecule has 1 saturated heterocycles. The minimum atomic E-state index is -0.426. The Balaban J connectivity index is 1.44. The van der Waals surface area contributed by atoms with Crippen molar-refractivity contribution < 1.29 is 19.1 Å². The van der Waals surface area contributed by atoms with Crippen LogP contribution < -0.4 is 9.64 Å². The largest absolute Gasteiger partial charge is 0.489 e. The molecule has 0 saturated carbocycles. The van der Waals surface area contributed by atoms with Crippen molar-refractivity contribution in [2.45, 2.75) is 19.4 Å². The molecule has 2 aromatic carbocycles. The predicted octanol–water partition coefficient (Wildman–Crippen LogP) is 2.44. The van der Waals surface area contributed by atoms with E-state index in [9.17, 15) is 14.4 Å². The molecular formula is C22H23N3O4. The zero-order valence-corrected chi connectivity index (χ0v) is 16.3. The van der Waals surface area contributed by atoms with Crippen LogP contribution in [0.2, 0.25) is 0 Å². The fraction of sp³-hybridized carbons (Fsp3) is 0.318. The average molecular weight is 393 g/mol. The smallest absolute Gasteiger partial charge is 0.327 e. The van der Waals surface area contributed by atoms with Gasteiger partial charge in [0.05, 0.1) is 0 Å². The summed E-state index contributed by atoms with van der Waals surface area (Å²) in [5, 5.41) is 0. The van der Waals surface area contributed by atoms with Crippen molar-refractivity contribution in [2.75, 3.05) is 31.6 Å². The van der Waals surface area contributed by atoms with Gasteiger partial charge in [0, 0.05) is 19.3 Å². The van der Waals surface area contributed by atoms with Gasteiger partial charge in [-0.05, 0) is 42.2 Å². The zero-order chi connectivity index (χ0) is 20.4. The number of rotatable bonds is 5. The number of carbonyl (C=O) groups is 3. The molecule has 2 aliphatic rings. The van der Waals surface area contributed by atoms with Gasteiger partial charge in [-0.2, -0.15) is 0 Å². The van der Waals surface area contributed by atoms with Crippen LogP contribution in [0.1, 0.15) is 17.5 Å². The number of ether oxygens (including phenoxy) is 1. The Morgan fingerprint density at radius 2 is 1.90 bits per heavy atom. The molecule has 7 heteroatoms. The molecule has 0 N–H and O–H groups in total. The van der Waals surface area contributed by atoms with Gasteiger partial charge in [-0.25, -0.2) is 4.79 Å². The van der Waals surface area contributed by atoms with Crippen LogP contribution in [0.15, 0.2) is 48.5 Å². The molecule has 2 aromatic rings. The van der Waals surface area contributed by atoms with Gasteiger partial charge in [0.2, 0.25) is 11.8 Å². The molecule has 2 aliphatic heterocycles. The van der Waals surface area contributed by atoms with E-state index in [2.05, 4.69) is 0 Å². The molecule has 0 bridgehead atoms. The second-order valence-electron chi connectivity index (χ2n) is 7.31. The summed E-state index contributed by atoms with van der Waals surface area (Å²) in [6.07, 6.45) is 1.71. The lowest BCUT2D eigenvalue weighted by atomic mass is 10.0. The fourth-order valence-electron chi connectivity index (χ4n) is 3.69. The number of aryl methyl sites for hydroxylation is 1. The molecule has 0 spiro atoms. The number of carbonyl (C=O) groups excluding carboxylic acids is 3.